The van der Waals surface area contributed by atoms with E-state index in [-0.39, 0.29) is 5.82 Å². The second kappa shape index (κ2) is 5.51. The molecule has 0 saturated carbocycles. The van der Waals surface area contributed by atoms with Crippen molar-refractivity contribution >= 4 is 17.3 Å². The Kier molecular flexibility index (Phi) is 4.02. The summed E-state index contributed by atoms with van der Waals surface area (Å²) in [5.41, 5.74) is 1.63. The third kappa shape index (κ3) is 2.47. The Balaban J connectivity index is 2.12. The van der Waals surface area contributed by atoms with Crippen molar-refractivity contribution in [3.05, 3.63) is 29.6 Å². The Bertz CT molecular complexity index is 359. The molecule has 1 aromatic rings. The van der Waals surface area contributed by atoms with Gasteiger partial charge in [0, 0.05) is 12.4 Å². The van der Waals surface area contributed by atoms with Crippen LogP contribution in [0.1, 0.15) is 18.4 Å². The van der Waals surface area contributed by atoms with Crippen LogP contribution in [0.15, 0.2) is 18.2 Å². The lowest BCUT2D eigenvalue weighted by atomic mass is 10.0. The highest BCUT2D eigenvalue weighted by molar-refractivity contribution is 6.17. The van der Waals surface area contributed by atoms with Crippen molar-refractivity contribution in [3.8, 4) is 0 Å². The van der Waals surface area contributed by atoms with Gasteiger partial charge in [-0.05, 0) is 30.9 Å². The fraction of sp³-hybridized carbons (Fsp3) is 0.500. The van der Waals surface area contributed by atoms with Gasteiger partial charge < -0.3 is 0 Å². The minimum Gasteiger partial charge on any atom is -0.273 e. The Morgan fingerprint density at radius 2 is 2.31 bits per heavy atom. The Morgan fingerprint density at radius 1 is 1.44 bits per heavy atom. The fourth-order valence-corrected chi connectivity index (χ4v) is 2.03. The molecule has 0 unspecified atom stereocenters. The molecule has 0 bridgehead atoms. The van der Waals surface area contributed by atoms with Gasteiger partial charge in [-0.1, -0.05) is 12.1 Å². The zero-order valence-corrected chi connectivity index (χ0v) is 9.84. The summed E-state index contributed by atoms with van der Waals surface area (Å²) in [6.07, 6.45) is 2.70. The number of hydrogen-bond donors (Lipinski definition) is 0. The van der Waals surface area contributed by atoms with Gasteiger partial charge in [-0.3, -0.25) is 9.90 Å². The highest BCUT2D eigenvalue weighted by Crippen LogP contribution is 2.29. The van der Waals surface area contributed by atoms with Gasteiger partial charge in [-0.25, -0.2) is 4.39 Å². The van der Waals surface area contributed by atoms with E-state index in [0.717, 1.165) is 31.4 Å². The largest absolute Gasteiger partial charge is 0.273 e. The fourth-order valence-electron chi connectivity index (χ4n) is 1.92. The van der Waals surface area contributed by atoms with E-state index in [9.17, 15) is 4.39 Å². The predicted octanol–water partition coefficient (Wildman–Crippen LogP) is 3.14. The molecule has 4 heteroatoms. The van der Waals surface area contributed by atoms with Crippen LogP contribution in [-0.2, 0) is 11.3 Å². The predicted molar refractivity (Wildman–Crippen MR) is 63.4 cm³/mol. The molecular weight excluding hydrogens is 229 g/mol. The smallest absolute Gasteiger partial charge is 0.149 e. The van der Waals surface area contributed by atoms with Crippen molar-refractivity contribution in [1.29, 1.82) is 0 Å². The maximum Gasteiger partial charge on any atom is 0.149 e. The van der Waals surface area contributed by atoms with Crippen LogP contribution in [0, 0.1) is 5.82 Å². The molecule has 0 amide bonds. The lowest BCUT2D eigenvalue weighted by Gasteiger charge is -2.30. The summed E-state index contributed by atoms with van der Waals surface area (Å²) in [5.74, 6) is 0.362. The minimum atomic E-state index is -0.205. The number of para-hydroxylation sites is 1. The van der Waals surface area contributed by atoms with Gasteiger partial charge >= 0.3 is 0 Å². The van der Waals surface area contributed by atoms with Crippen molar-refractivity contribution < 1.29 is 9.23 Å². The molecule has 0 N–H and O–H groups in total. The molecular formula is C12H15ClFNO. The second-order valence-corrected chi connectivity index (χ2v) is 4.21. The highest BCUT2D eigenvalue weighted by Gasteiger charge is 2.20. The number of benzene rings is 1. The highest BCUT2D eigenvalue weighted by atomic mass is 35.5. The average Bonchev–Trinajstić information content (AvgIpc) is 2.30. The lowest BCUT2D eigenvalue weighted by Crippen LogP contribution is -2.31. The molecule has 16 heavy (non-hydrogen) atoms. The SMILES string of the molecule is Fc1cccc2c1N(OCCCCl)CCC2. The number of hydroxylamine groups is 1. The van der Waals surface area contributed by atoms with Crippen LogP contribution >= 0.6 is 11.6 Å². The van der Waals surface area contributed by atoms with Crippen molar-refractivity contribution in [2.45, 2.75) is 19.3 Å². The molecule has 0 saturated heterocycles. The van der Waals surface area contributed by atoms with Crippen molar-refractivity contribution in [3.63, 3.8) is 0 Å². The zero-order chi connectivity index (χ0) is 11.4. The Labute approximate surface area is 99.9 Å². The number of halogens is 2. The average molecular weight is 244 g/mol. The molecule has 0 fully saturated rings. The zero-order valence-electron chi connectivity index (χ0n) is 9.09. The van der Waals surface area contributed by atoms with E-state index in [1.807, 2.05) is 6.07 Å². The van der Waals surface area contributed by atoms with Crippen LogP contribution in [0.4, 0.5) is 10.1 Å². The van der Waals surface area contributed by atoms with Crippen molar-refractivity contribution in [1.82, 2.24) is 0 Å². The molecule has 1 aromatic carbocycles. The van der Waals surface area contributed by atoms with E-state index in [2.05, 4.69) is 0 Å². The molecule has 1 heterocycles. The van der Waals surface area contributed by atoms with E-state index in [1.165, 1.54) is 6.07 Å². The number of hydrogen-bond acceptors (Lipinski definition) is 2. The number of aryl methyl sites for hydroxylation is 1. The number of anilines is 1. The van der Waals surface area contributed by atoms with Gasteiger partial charge in [-0.15, -0.1) is 11.6 Å². The minimum absolute atomic E-state index is 0.205. The molecule has 2 rings (SSSR count). The molecule has 0 atom stereocenters. The van der Waals surface area contributed by atoms with Gasteiger partial charge in [-0.2, -0.15) is 0 Å². The number of nitrogens with zero attached hydrogens (tertiary/aromatic N) is 1. The lowest BCUT2D eigenvalue weighted by molar-refractivity contribution is 0.103. The normalized spacial score (nSPS) is 15.0. The van der Waals surface area contributed by atoms with Crippen LogP contribution in [0.25, 0.3) is 0 Å². The van der Waals surface area contributed by atoms with E-state index in [0.29, 0.717) is 18.2 Å². The maximum atomic E-state index is 13.7. The monoisotopic (exact) mass is 243 g/mol. The Hall–Kier alpha value is -0.800. The van der Waals surface area contributed by atoms with Crippen LogP contribution < -0.4 is 5.06 Å². The van der Waals surface area contributed by atoms with Crippen LogP contribution in [0.3, 0.4) is 0 Å². The topological polar surface area (TPSA) is 12.5 Å². The third-order valence-electron chi connectivity index (χ3n) is 2.65. The molecule has 1 aliphatic heterocycles. The summed E-state index contributed by atoms with van der Waals surface area (Å²) < 4.78 is 13.7. The quantitative estimate of drug-likeness (QED) is 0.595. The Morgan fingerprint density at radius 3 is 3.12 bits per heavy atom. The van der Waals surface area contributed by atoms with Crippen LogP contribution in [0.5, 0.6) is 0 Å². The first-order valence-corrected chi connectivity index (χ1v) is 6.10. The molecule has 2 nitrogen and oxygen atoms in total. The standard InChI is InChI=1S/C12H15ClFNO/c13-7-3-9-16-15-8-2-5-10-4-1-6-11(14)12(10)15/h1,4,6H,2-3,5,7-9H2. The van der Waals surface area contributed by atoms with Gasteiger partial charge in [0.05, 0.1) is 6.61 Å². The van der Waals surface area contributed by atoms with Gasteiger partial charge in [0.15, 0.2) is 0 Å². The van der Waals surface area contributed by atoms with Crippen LogP contribution in [0.2, 0.25) is 0 Å². The summed E-state index contributed by atoms with van der Waals surface area (Å²) in [6, 6.07) is 5.17. The van der Waals surface area contributed by atoms with Gasteiger partial charge in [0.2, 0.25) is 0 Å². The summed E-state index contributed by atoms with van der Waals surface area (Å²) in [4.78, 5) is 5.54. The van der Waals surface area contributed by atoms with Crippen LogP contribution in [-0.4, -0.2) is 19.0 Å². The molecule has 0 aromatic heterocycles. The number of rotatable bonds is 4. The first-order valence-electron chi connectivity index (χ1n) is 5.56. The van der Waals surface area contributed by atoms with Crippen molar-refractivity contribution in [2.24, 2.45) is 0 Å². The van der Waals surface area contributed by atoms with Gasteiger partial charge in [0.1, 0.15) is 11.5 Å². The first kappa shape index (κ1) is 11.7. The summed E-state index contributed by atoms with van der Waals surface area (Å²) in [5, 5.41) is 1.67. The summed E-state index contributed by atoms with van der Waals surface area (Å²) in [7, 11) is 0. The number of fused-ring (bicyclic) bond motifs is 1. The molecule has 0 aliphatic carbocycles. The van der Waals surface area contributed by atoms with E-state index < -0.39 is 0 Å². The molecule has 88 valence electrons. The summed E-state index contributed by atoms with van der Waals surface area (Å²) >= 11 is 5.58. The summed E-state index contributed by atoms with van der Waals surface area (Å²) in [6.45, 7) is 1.29. The second-order valence-electron chi connectivity index (χ2n) is 3.83. The van der Waals surface area contributed by atoms with Crippen molar-refractivity contribution in [2.75, 3.05) is 24.1 Å². The van der Waals surface area contributed by atoms with E-state index in [4.69, 9.17) is 16.4 Å². The van der Waals surface area contributed by atoms with Gasteiger partial charge in [0.25, 0.3) is 0 Å². The van der Waals surface area contributed by atoms with E-state index in [1.54, 1.807) is 11.1 Å². The number of alkyl halides is 1. The van der Waals surface area contributed by atoms with E-state index >= 15 is 0 Å². The molecule has 0 radical (unpaired) electrons. The first-order chi connectivity index (χ1) is 7.83. The molecule has 0 spiro atoms. The maximum absolute atomic E-state index is 13.7. The molecule has 1 aliphatic rings. The third-order valence-corrected chi connectivity index (χ3v) is 2.92.